The summed E-state index contributed by atoms with van der Waals surface area (Å²) in [6, 6.07) is 17.4. The standard InChI is InChI=1S/C16H12ClN3/c17-14-8-2-1-5-13(14)11-19-20-15-9-3-6-12-7-4-10-18-16(12)15/h1-11,20H/b19-11-. The number of rotatable bonds is 3. The third kappa shape index (κ3) is 2.63. The van der Waals surface area contributed by atoms with Crippen LogP contribution in [-0.2, 0) is 0 Å². The molecule has 3 rings (SSSR count). The molecule has 0 unspecified atom stereocenters. The Labute approximate surface area is 121 Å². The number of aromatic nitrogens is 1. The zero-order valence-corrected chi connectivity index (χ0v) is 11.4. The highest BCUT2D eigenvalue weighted by Gasteiger charge is 1.99. The smallest absolute Gasteiger partial charge is 0.0951 e. The van der Waals surface area contributed by atoms with E-state index in [1.165, 1.54) is 0 Å². The van der Waals surface area contributed by atoms with Gasteiger partial charge in [0, 0.05) is 22.2 Å². The maximum atomic E-state index is 6.07. The largest absolute Gasteiger partial charge is 0.276 e. The van der Waals surface area contributed by atoms with Crippen molar-refractivity contribution in [2.45, 2.75) is 0 Å². The van der Waals surface area contributed by atoms with Gasteiger partial charge in [-0.2, -0.15) is 5.10 Å². The van der Waals surface area contributed by atoms with Gasteiger partial charge < -0.3 is 0 Å². The van der Waals surface area contributed by atoms with Gasteiger partial charge in [0.05, 0.1) is 17.4 Å². The van der Waals surface area contributed by atoms with Crippen LogP contribution in [-0.4, -0.2) is 11.2 Å². The Kier molecular flexibility index (Phi) is 3.61. The van der Waals surface area contributed by atoms with E-state index >= 15 is 0 Å². The molecular weight excluding hydrogens is 270 g/mol. The molecule has 0 atom stereocenters. The van der Waals surface area contributed by atoms with Gasteiger partial charge in [-0.05, 0) is 18.2 Å². The highest BCUT2D eigenvalue weighted by Crippen LogP contribution is 2.20. The van der Waals surface area contributed by atoms with Crippen molar-refractivity contribution in [2.75, 3.05) is 5.43 Å². The maximum Gasteiger partial charge on any atom is 0.0951 e. The Morgan fingerprint density at radius 1 is 1.00 bits per heavy atom. The SMILES string of the molecule is Clc1ccccc1/C=N\Nc1cccc2cccnc12. The van der Waals surface area contributed by atoms with Crippen LogP contribution in [0.1, 0.15) is 5.56 Å². The molecule has 1 heterocycles. The summed E-state index contributed by atoms with van der Waals surface area (Å²) in [6.45, 7) is 0. The van der Waals surface area contributed by atoms with Crippen molar-refractivity contribution in [2.24, 2.45) is 5.10 Å². The molecule has 3 nitrogen and oxygen atoms in total. The predicted octanol–water partition coefficient (Wildman–Crippen LogP) is 4.33. The van der Waals surface area contributed by atoms with Crippen LogP contribution in [0.4, 0.5) is 5.69 Å². The van der Waals surface area contributed by atoms with Gasteiger partial charge >= 0.3 is 0 Å². The van der Waals surface area contributed by atoms with Gasteiger partial charge in [-0.1, -0.05) is 48.0 Å². The average Bonchev–Trinajstić information content (AvgIpc) is 2.49. The van der Waals surface area contributed by atoms with Crippen LogP contribution in [0.3, 0.4) is 0 Å². The number of halogens is 1. The summed E-state index contributed by atoms with van der Waals surface area (Å²) in [4.78, 5) is 4.36. The van der Waals surface area contributed by atoms with Crippen molar-refractivity contribution in [3.05, 3.63) is 71.4 Å². The molecule has 0 saturated heterocycles. The molecular formula is C16H12ClN3. The molecule has 3 aromatic rings. The second-order valence-corrected chi connectivity index (χ2v) is 4.68. The minimum absolute atomic E-state index is 0.675. The second kappa shape index (κ2) is 5.72. The van der Waals surface area contributed by atoms with Gasteiger partial charge in [0.25, 0.3) is 0 Å². The molecule has 0 fully saturated rings. The van der Waals surface area contributed by atoms with Crippen molar-refractivity contribution >= 4 is 34.4 Å². The quantitative estimate of drug-likeness (QED) is 0.573. The van der Waals surface area contributed by atoms with E-state index in [-0.39, 0.29) is 0 Å². The molecule has 0 radical (unpaired) electrons. The second-order valence-electron chi connectivity index (χ2n) is 4.27. The Morgan fingerprint density at radius 3 is 2.75 bits per heavy atom. The zero-order valence-electron chi connectivity index (χ0n) is 10.6. The van der Waals surface area contributed by atoms with E-state index in [0.29, 0.717) is 5.02 Å². The lowest BCUT2D eigenvalue weighted by Gasteiger charge is -2.04. The minimum Gasteiger partial charge on any atom is -0.276 e. The molecule has 0 aliphatic rings. The minimum atomic E-state index is 0.675. The van der Waals surface area contributed by atoms with E-state index in [2.05, 4.69) is 15.5 Å². The molecule has 0 saturated carbocycles. The zero-order chi connectivity index (χ0) is 13.8. The van der Waals surface area contributed by atoms with Crippen LogP contribution in [0.2, 0.25) is 5.02 Å². The number of benzene rings is 2. The lowest BCUT2D eigenvalue weighted by molar-refractivity contribution is 1.33. The van der Waals surface area contributed by atoms with Gasteiger partial charge in [0.1, 0.15) is 0 Å². The summed E-state index contributed by atoms with van der Waals surface area (Å²) in [5.41, 5.74) is 5.64. The van der Waals surface area contributed by atoms with Crippen LogP contribution in [0.25, 0.3) is 10.9 Å². The van der Waals surface area contributed by atoms with Gasteiger partial charge in [-0.3, -0.25) is 10.4 Å². The normalized spacial score (nSPS) is 11.1. The number of hydrazone groups is 1. The summed E-state index contributed by atoms with van der Waals surface area (Å²) in [7, 11) is 0. The van der Waals surface area contributed by atoms with Crippen LogP contribution >= 0.6 is 11.6 Å². The monoisotopic (exact) mass is 281 g/mol. The molecule has 2 aromatic carbocycles. The van der Waals surface area contributed by atoms with Crippen molar-refractivity contribution < 1.29 is 0 Å². The van der Waals surface area contributed by atoms with Gasteiger partial charge in [-0.15, -0.1) is 0 Å². The molecule has 0 amide bonds. The van der Waals surface area contributed by atoms with Crippen LogP contribution in [0.5, 0.6) is 0 Å². The molecule has 0 spiro atoms. The number of para-hydroxylation sites is 1. The lowest BCUT2D eigenvalue weighted by atomic mass is 10.2. The molecule has 1 aromatic heterocycles. The summed E-state index contributed by atoms with van der Waals surface area (Å²) in [5, 5.41) is 5.97. The number of hydrogen-bond donors (Lipinski definition) is 1. The Balaban J connectivity index is 1.86. The summed E-state index contributed by atoms with van der Waals surface area (Å²) < 4.78 is 0. The molecule has 98 valence electrons. The molecule has 20 heavy (non-hydrogen) atoms. The van der Waals surface area contributed by atoms with E-state index < -0.39 is 0 Å². The highest BCUT2D eigenvalue weighted by atomic mass is 35.5. The van der Waals surface area contributed by atoms with Crippen molar-refractivity contribution in [3.63, 3.8) is 0 Å². The highest BCUT2D eigenvalue weighted by molar-refractivity contribution is 6.33. The fourth-order valence-electron chi connectivity index (χ4n) is 1.95. The lowest BCUT2D eigenvalue weighted by Crippen LogP contribution is -1.93. The van der Waals surface area contributed by atoms with Crippen LogP contribution in [0, 0.1) is 0 Å². The number of nitrogens with one attached hydrogen (secondary N) is 1. The summed E-state index contributed by atoms with van der Waals surface area (Å²) >= 11 is 6.07. The Hall–Kier alpha value is -2.39. The summed E-state index contributed by atoms with van der Waals surface area (Å²) in [5.74, 6) is 0. The van der Waals surface area contributed by atoms with Crippen LogP contribution in [0.15, 0.2) is 65.9 Å². The molecule has 0 bridgehead atoms. The number of nitrogens with zero attached hydrogens (tertiary/aromatic N) is 2. The van der Waals surface area contributed by atoms with E-state index in [0.717, 1.165) is 22.2 Å². The molecule has 0 aliphatic heterocycles. The van der Waals surface area contributed by atoms with E-state index in [9.17, 15) is 0 Å². The van der Waals surface area contributed by atoms with Gasteiger partial charge in [0.15, 0.2) is 0 Å². The number of fused-ring (bicyclic) bond motifs is 1. The topological polar surface area (TPSA) is 37.3 Å². The number of hydrogen-bond acceptors (Lipinski definition) is 3. The van der Waals surface area contributed by atoms with E-state index in [1.807, 2.05) is 54.6 Å². The summed E-state index contributed by atoms with van der Waals surface area (Å²) in [6.07, 6.45) is 3.47. The third-order valence-corrected chi connectivity index (χ3v) is 3.27. The first kappa shape index (κ1) is 12.6. The molecule has 1 N–H and O–H groups in total. The number of pyridine rings is 1. The van der Waals surface area contributed by atoms with Crippen molar-refractivity contribution in [3.8, 4) is 0 Å². The van der Waals surface area contributed by atoms with E-state index in [4.69, 9.17) is 11.6 Å². The first-order valence-electron chi connectivity index (χ1n) is 6.22. The Morgan fingerprint density at radius 2 is 1.85 bits per heavy atom. The number of anilines is 1. The third-order valence-electron chi connectivity index (χ3n) is 2.93. The van der Waals surface area contributed by atoms with Crippen molar-refractivity contribution in [1.82, 2.24) is 4.98 Å². The van der Waals surface area contributed by atoms with Gasteiger partial charge in [0.2, 0.25) is 0 Å². The van der Waals surface area contributed by atoms with Gasteiger partial charge in [-0.25, -0.2) is 0 Å². The molecule has 4 heteroatoms. The fourth-order valence-corrected chi connectivity index (χ4v) is 2.13. The predicted molar refractivity (Wildman–Crippen MR) is 84.4 cm³/mol. The first-order chi connectivity index (χ1) is 9.84. The molecule has 0 aliphatic carbocycles. The van der Waals surface area contributed by atoms with Crippen molar-refractivity contribution in [1.29, 1.82) is 0 Å². The van der Waals surface area contributed by atoms with E-state index in [1.54, 1.807) is 12.4 Å². The first-order valence-corrected chi connectivity index (χ1v) is 6.60. The average molecular weight is 282 g/mol. The Bertz CT molecular complexity index is 763. The van der Waals surface area contributed by atoms with Crippen LogP contribution < -0.4 is 5.43 Å². The maximum absolute atomic E-state index is 6.07. The fraction of sp³-hybridized carbons (Fsp3) is 0.